The Balaban J connectivity index is 2.27. The van der Waals surface area contributed by atoms with Gasteiger partial charge in [-0.25, -0.2) is 0 Å². The first kappa shape index (κ1) is 10.1. The quantitative estimate of drug-likeness (QED) is 0.751. The van der Waals surface area contributed by atoms with Crippen LogP contribution in [0.3, 0.4) is 0 Å². The van der Waals surface area contributed by atoms with Gasteiger partial charge in [0.25, 0.3) is 0 Å². The minimum absolute atomic E-state index is 0.235. The molecule has 0 spiro atoms. The molecule has 1 unspecified atom stereocenters. The monoisotopic (exact) mass is 180 g/mol. The molecule has 2 nitrogen and oxygen atoms in total. The first-order valence-corrected chi connectivity index (χ1v) is 4.61. The fourth-order valence-corrected chi connectivity index (χ4v) is 1.06. The zero-order chi connectivity index (χ0) is 9.52. The number of aliphatic hydroxyl groups is 1. The second kappa shape index (κ2) is 5.60. The molecule has 0 aliphatic rings. The number of hydrogen-bond donors (Lipinski definition) is 1. The van der Waals surface area contributed by atoms with Crippen molar-refractivity contribution in [1.82, 2.24) is 0 Å². The van der Waals surface area contributed by atoms with E-state index in [0.717, 1.165) is 12.2 Å². The van der Waals surface area contributed by atoms with Gasteiger partial charge in [-0.3, -0.25) is 0 Å². The Labute approximate surface area is 79.2 Å². The van der Waals surface area contributed by atoms with Gasteiger partial charge in [0.15, 0.2) is 0 Å². The van der Waals surface area contributed by atoms with Crippen molar-refractivity contribution in [2.24, 2.45) is 5.92 Å². The molecule has 13 heavy (non-hydrogen) atoms. The van der Waals surface area contributed by atoms with Crippen LogP contribution in [-0.2, 0) is 0 Å². The van der Waals surface area contributed by atoms with Crippen LogP contribution in [0.15, 0.2) is 30.3 Å². The van der Waals surface area contributed by atoms with E-state index in [0.29, 0.717) is 12.5 Å². The molecule has 0 aliphatic carbocycles. The molecule has 0 radical (unpaired) electrons. The third kappa shape index (κ3) is 3.95. The van der Waals surface area contributed by atoms with Crippen LogP contribution >= 0.6 is 0 Å². The molecule has 1 aromatic rings. The predicted octanol–water partition coefficient (Wildman–Crippen LogP) is 2.08. The van der Waals surface area contributed by atoms with Crippen LogP contribution < -0.4 is 4.74 Å². The molecular formula is C11H16O2. The average molecular weight is 180 g/mol. The van der Waals surface area contributed by atoms with Gasteiger partial charge in [0, 0.05) is 6.61 Å². The predicted molar refractivity (Wildman–Crippen MR) is 52.8 cm³/mol. The lowest BCUT2D eigenvalue weighted by atomic mass is 10.1. The number of aliphatic hydroxyl groups excluding tert-OH is 1. The Kier molecular flexibility index (Phi) is 4.33. The first-order valence-electron chi connectivity index (χ1n) is 4.61. The molecule has 0 bridgehead atoms. The summed E-state index contributed by atoms with van der Waals surface area (Å²) in [4.78, 5) is 0. The van der Waals surface area contributed by atoms with Crippen molar-refractivity contribution in [3.8, 4) is 5.75 Å². The van der Waals surface area contributed by atoms with Crippen molar-refractivity contribution in [3.05, 3.63) is 30.3 Å². The van der Waals surface area contributed by atoms with E-state index in [-0.39, 0.29) is 6.61 Å². The average Bonchev–Trinajstić information content (AvgIpc) is 2.17. The topological polar surface area (TPSA) is 29.5 Å². The van der Waals surface area contributed by atoms with Crippen LogP contribution in [0.4, 0.5) is 0 Å². The molecule has 1 aromatic carbocycles. The second-order valence-electron chi connectivity index (χ2n) is 3.24. The van der Waals surface area contributed by atoms with E-state index in [1.807, 2.05) is 30.3 Å². The molecule has 0 saturated carbocycles. The summed E-state index contributed by atoms with van der Waals surface area (Å²) in [5.41, 5.74) is 0. The highest BCUT2D eigenvalue weighted by atomic mass is 16.5. The molecule has 0 aromatic heterocycles. The number of hydrogen-bond acceptors (Lipinski definition) is 2. The molecule has 1 N–H and O–H groups in total. The summed E-state index contributed by atoms with van der Waals surface area (Å²) in [7, 11) is 0. The highest BCUT2D eigenvalue weighted by Gasteiger charge is 2.01. The Morgan fingerprint density at radius 1 is 1.31 bits per heavy atom. The summed E-state index contributed by atoms with van der Waals surface area (Å²) in [6, 6.07) is 9.74. The van der Waals surface area contributed by atoms with Crippen LogP contribution in [0.1, 0.15) is 13.3 Å². The van der Waals surface area contributed by atoms with E-state index in [4.69, 9.17) is 9.84 Å². The number of ether oxygens (including phenoxy) is 1. The summed E-state index contributed by atoms with van der Waals surface area (Å²) in [5, 5.41) is 8.68. The zero-order valence-corrected chi connectivity index (χ0v) is 7.94. The van der Waals surface area contributed by atoms with E-state index >= 15 is 0 Å². The SMILES string of the molecule is CC(CCO)COc1ccccc1. The molecule has 0 heterocycles. The van der Waals surface area contributed by atoms with Gasteiger partial charge in [-0.1, -0.05) is 25.1 Å². The summed E-state index contributed by atoms with van der Waals surface area (Å²) in [6.07, 6.45) is 0.798. The number of benzene rings is 1. The highest BCUT2D eigenvalue weighted by molar-refractivity contribution is 5.20. The highest BCUT2D eigenvalue weighted by Crippen LogP contribution is 2.10. The minimum atomic E-state index is 0.235. The van der Waals surface area contributed by atoms with Crippen molar-refractivity contribution in [1.29, 1.82) is 0 Å². The number of rotatable bonds is 5. The lowest BCUT2D eigenvalue weighted by molar-refractivity contribution is 0.208. The fraction of sp³-hybridized carbons (Fsp3) is 0.455. The van der Waals surface area contributed by atoms with Gasteiger partial charge >= 0.3 is 0 Å². The largest absolute Gasteiger partial charge is 0.493 e. The molecule has 0 aliphatic heterocycles. The summed E-state index contributed by atoms with van der Waals surface area (Å²) < 4.78 is 5.51. The summed E-state index contributed by atoms with van der Waals surface area (Å²) >= 11 is 0. The van der Waals surface area contributed by atoms with Gasteiger partial charge in [-0.2, -0.15) is 0 Å². The maximum Gasteiger partial charge on any atom is 0.119 e. The number of para-hydroxylation sites is 1. The van der Waals surface area contributed by atoms with Gasteiger partial charge in [-0.05, 0) is 24.5 Å². The van der Waals surface area contributed by atoms with Crippen LogP contribution in [0.5, 0.6) is 5.75 Å². The van der Waals surface area contributed by atoms with Gasteiger partial charge in [0.2, 0.25) is 0 Å². The lowest BCUT2D eigenvalue weighted by Crippen LogP contribution is -2.09. The lowest BCUT2D eigenvalue weighted by Gasteiger charge is -2.11. The van der Waals surface area contributed by atoms with Gasteiger partial charge < -0.3 is 9.84 Å². The minimum Gasteiger partial charge on any atom is -0.493 e. The Morgan fingerprint density at radius 3 is 2.62 bits per heavy atom. The molecule has 0 fully saturated rings. The molecule has 2 heteroatoms. The van der Waals surface area contributed by atoms with Crippen molar-refractivity contribution in [2.75, 3.05) is 13.2 Å². The van der Waals surface area contributed by atoms with Gasteiger partial charge in [0.1, 0.15) is 5.75 Å². The van der Waals surface area contributed by atoms with Crippen LogP contribution in [0, 0.1) is 5.92 Å². The summed E-state index contributed by atoms with van der Waals surface area (Å²) in [6.45, 7) is 2.98. The van der Waals surface area contributed by atoms with E-state index < -0.39 is 0 Å². The maximum atomic E-state index is 8.68. The van der Waals surface area contributed by atoms with Crippen molar-refractivity contribution < 1.29 is 9.84 Å². The van der Waals surface area contributed by atoms with E-state index in [1.165, 1.54) is 0 Å². The first-order chi connectivity index (χ1) is 6.33. The smallest absolute Gasteiger partial charge is 0.119 e. The van der Waals surface area contributed by atoms with E-state index in [2.05, 4.69) is 6.92 Å². The van der Waals surface area contributed by atoms with E-state index in [9.17, 15) is 0 Å². The normalized spacial score (nSPS) is 12.5. The standard InChI is InChI=1S/C11H16O2/c1-10(7-8-12)9-13-11-5-3-2-4-6-11/h2-6,10,12H,7-9H2,1H3. The van der Waals surface area contributed by atoms with Crippen molar-refractivity contribution in [3.63, 3.8) is 0 Å². The molecule has 0 amide bonds. The Hall–Kier alpha value is -1.02. The molecule has 72 valence electrons. The molecular weight excluding hydrogens is 164 g/mol. The Bertz CT molecular complexity index is 221. The van der Waals surface area contributed by atoms with Crippen molar-refractivity contribution >= 4 is 0 Å². The maximum absolute atomic E-state index is 8.68. The zero-order valence-electron chi connectivity index (χ0n) is 7.94. The van der Waals surface area contributed by atoms with Gasteiger partial charge in [-0.15, -0.1) is 0 Å². The Morgan fingerprint density at radius 2 is 2.00 bits per heavy atom. The molecule has 0 saturated heterocycles. The second-order valence-corrected chi connectivity index (χ2v) is 3.24. The van der Waals surface area contributed by atoms with Crippen molar-refractivity contribution in [2.45, 2.75) is 13.3 Å². The van der Waals surface area contributed by atoms with Gasteiger partial charge in [0.05, 0.1) is 6.61 Å². The third-order valence-electron chi connectivity index (χ3n) is 1.90. The summed E-state index contributed by atoms with van der Waals surface area (Å²) in [5.74, 6) is 1.30. The fourth-order valence-electron chi connectivity index (χ4n) is 1.06. The van der Waals surface area contributed by atoms with E-state index in [1.54, 1.807) is 0 Å². The molecule has 1 rings (SSSR count). The van der Waals surface area contributed by atoms with Crippen LogP contribution in [0.25, 0.3) is 0 Å². The third-order valence-corrected chi connectivity index (χ3v) is 1.90. The van der Waals surface area contributed by atoms with Crippen LogP contribution in [-0.4, -0.2) is 18.3 Å². The molecule has 1 atom stereocenters. The van der Waals surface area contributed by atoms with Crippen LogP contribution in [0.2, 0.25) is 0 Å².